The van der Waals surface area contributed by atoms with Crippen molar-refractivity contribution in [3.05, 3.63) is 28.2 Å². The Balaban J connectivity index is 2.29. The van der Waals surface area contributed by atoms with Crippen LogP contribution in [-0.2, 0) is 21.2 Å². The Hall–Kier alpha value is -1.16. The second kappa shape index (κ2) is 5.80. The molecule has 0 aromatic heterocycles. The molecule has 2 rings (SSSR count). The van der Waals surface area contributed by atoms with E-state index < -0.39 is 39.5 Å². The van der Waals surface area contributed by atoms with E-state index in [4.69, 9.17) is 0 Å². The van der Waals surface area contributed by atoms with E-state index in [1.165, 1.54) is 6.07 Å². The van der Waals surface area contributed by atoms with Gasteiger partial charge in [-0.15, -0.1) is 3.89 Å². The van der Waals surface area contributed by atoms with Crippen molar-refractivity contribution in [1.82, 2.24) is 0 Å². The zero-order valence-electron chi connectivity index (χ0n) is 10.9. The van der Waals surface area contributed by atoms with Crippen LogP contribution in [0.2, 0.25) is 0 Å². The molecule has 4 nitrogen and oxygen atoms in total. The van der Waals surface area contributed by atoms with Crippen molar-refractivity contribution in [1.29, 1.82) is 0 Å². The van der Waals surface area contributed by atoms with E-state index in [1.54, 1.807) is 0 Å². The van der Waals surface area contributed by atoms with Crippen molar-refractivity contribution < 1.29 is 30.3 Å². The molecule has 1 saturated heterocycles. The monoisotopic (exact) mass is 403 g/mol. The molecule has 0 N–H and O–H groups in total. The van der Waals surface area contributed by atoms with Crippen molar-refractivity contribution in [2.45, 2.75) is 12.6 Å². The van der Waals surface area contributed by atoms with Gasteiger partial charge in [-0.2, -0.15) is 21.6 Å². The van der Waals surface area contributed by atoms with E-state index in [-0.39, 0.29) is 23.1 Å². The lowest BCUT2D eigenvalue weighted by Gasteiger charge is -2.19. The summed E-state index contributed by atoms with van der Waals surface area (Å²) >= 11 is 2.94. The van der Waals surface area contributed by atoms with E-state index in [2.05, 4.69) is 15.9 Å². The van der Waals surface area contributed by atoms with Crippen LogP contribution in [0.15, 0.2) is 22.7 Å². The van der Waals surface area contributed by atoms with E-state index in [0.29, 0.717) is 0 Å². The summed E-state index contributed by atoms with van der Waals surface area (Å²) in [7, 11) is -4.74. The van der Waals surface area contributed by atoms with Crippen molar-refractivity contribution >= 4 is 37.7 Å². The van der Waals surface area contributed by atoms with Crippen LogP contribution in [0.3, 0.4) is 0 Å². The van der Waals surface area contributed by atoms with Gasteiger partial charge < -0.3 is 4.90 Å². The highest BCUT2D eigenvalue weighted by Gasteiger charge is 2.36. The summed E-state index contributed by atoms with van der Waals surface area (Å²) in [5.74, 6) is -2.15. The maximum Gasteiger partial charge on any atom is 0.416 e. The molecule has 1 aromatic rings. The van der Waals surface area contributed by atoms with Gasteiger partial charge in [-0.05, 0) is 18.2 Å². The van der Waals surface area contributed by atoms with Crippen LogP contribution in [0.4, 0.5) is 22.7 Å². The van der Waals surface area contributed by atoms with Crippen LogP contribution in [-0.4, -0.2) is 26.6 Å². The molecule has 1 unspecified atom stereocenters. The number of carbonyl (C=O) groups is 1. The lowest BCUT2D eigenvalue weighted by atomic mass is 10.1. The van der Waals surface area contributed by atoms with Gasteiger partial charge in [0.1, 0.15) is 0 Å². The first-order chi connectivity index (χ1) is 9.95. The minimum Gasteiger partial charge on any atom is -0.312 e. The van der Waals surface area contributed by atoms with Gasteiger partial charge in [0.15, 0.2) is 0 Å². The maximum absolute atomic E-state index is 12.8. The highest BCUT2D eigenvalue weighted by atomic mass is 79.9. The molecule has 1 aliphatic rings. The third-order valence-corrected chi connectivity index (χ3v) is 4.49. The van der Waals surface area contributed by atoms with Crippen LogP contribution in [0, 0.1) is 5.92 Å². The molecular weight excluding hydrogens is 394 g/mol. The Morgan fingerprint density at radius 1 is 1.27 bits per heavy atom. The average Bonchev–Trinajstić information content (AvgIpc) is 2.65. The summed E-state index contributed by atoms with van der Waals surface area (Å²) in [6.07, 6.45) is -4.81. The second-order valence-corrected chi connectivity index (χ2v) is 7.30. The Labute approximate surface area is 132 Å². The number of rotatable bonds is 3. The number of nitrogens with zero attached hydrogens (tertiary/aromatic N) is 1. The van der Waals surface area contributed by atoms with Crippen LogP contribution < -0.4 is 4.90 Å². The molecule has 1 aliphatic heterocycles. The molecule has 1 fully saturated rings. The van der Waals surface area contributed by atoms with E-state index in [1.807, 2.05) is 0 Å². The smallest absolute Gasteiger partial charge is 0.312 e. The van der Waals surface area contributed by atoms with Crippen LogP contribution in [0.1, 0.15) is 12.0 Å². The van der Waals surface area contributed by atoms with E-state index in [0.717, 1.165) is 17.0 Å². The minimum absolute atomic E-state index is 0.00884. The molecule has 0 spiro atoms. The average molecular weight is 404 g/mol. The molecule has 1 heterocycles. The van der Waals surface area contributed by atoms with Gasteiger partial charge in [0.25, 0.3) is 0 Å². The lowest BCUT2D eigenvalue weighted by Crippen LogP contribution is -2.25. The maximum atomic E-state index is 12.8. The van der Waals surface area contributed by atoms with Gasteiger partial charge in [0, 0.05) is 29.0 Å². The first-order valence-corrected chi connectivity index (χ1v) is 8.41. The van der Waals surface area contributed by atoms with E-state index >= 15 is 0 Å². The van der Waals surface area contributed by atoms with Gasteiger partial charge in [-0.3, -0.25) is 4.79 Å². The molecule has 0 radical (unpaired) electrons. The predicted molar refractivity (Wildman–Crippen MR) is 74.5 cm³/mol. The van der Waals surface area contributed by atoms with Gasteiger partial charge >= 0.3 is 16.4 Å². The summed E-state index contributed by atoms with van der Waals surface area (Å²) < 4.78 is 72.4. The third kappa shape index (κ3) is 4.19. The summed E-state index contributed by atoms with van der Waals surface area (Å²) in [4.78, 5) is 12.9. The summed E-state index contributed by atoms with van der Waals surface area (Å²) in [6, 6.07) is 2.99. The Kier molecular flexibility index (Phi) is 4.54. The number of hydrogen-bond donors (Lipinski definition) is 0. The van der Waals surface area contributed by atoms with Gasteiger partial charge in [0.2, 0.25) is 5.91 Å². The number of hydrogen-bond acceptors (Lipinski definition) is 3. The number of anilines is 1. The molecule has 1 amide bonds. The van der Waals surface area contributed by atoms with Crippen molar-refractivity contribution in [2.24, 2.45) is 5.92 Å². The topological polar surface area (TPSA) is 54.5 Å². The first-order valence-electron chi connectivity index (χ1n) is 6.06. The van der Waals surface area contributed by atoms with Gasteiger partial charge in [-0.1, -0.05) is 15.9 Å². The molecule has 0 saturated carbocycles. The lowest BCUT2D eigenvalue weighted by molar-refractivity contribution is -0.137. The minimum atomic E-state index is -4.74. The molecular formula is C12H10BrF4NO3S. The SMILES string of the molecule is O=C1CC(CS(=O)(=O)F)CN1c1cc(Br)cc(C(F)(F)F)c1. The zero-order valence-corrected chi connectivity index (χ0v) is 13.3. The van der Waals surface area contributed by atoms with Crippen molar-refractivity contribution in [3.8, 4) is 0 Å². The molecule has 0 bridgehead atoms. The summed E-state index contributed by atoms with van der Waals surface area (Å²) in [5.41, 5.74) is -0.948. The van der Waals surface area contributed by atoms with E-state index in [9.17, 15) is 30.3 Å². The van der Waals surface area contributed by atoms with Crippen LogP contribution in [0.25, 0.3) is 0 Å². The highest BCUT2D eigenvalue weighted by molar-refractivity contribution is 9.10. The molecule has 22 heavy (non-hydrogen) atoms. The molecule has 1 aromatic carbocycles. The summed E-state index contributed by atoms with van der Waals surface area (Å²) in [6.45, 7) is -0.143. The first kappa shape index (κ1) is 17.2. The highest BCUT2D eigenvalue weighted by Crippen LogP contribution is 2.36. The third-order valence-electron chi connectivity index (χ3n) is 3.16. The van der Waals surface area contributed by atoms with Gasteiger partial charge in [0.05, 0.1) is 11.3 Å². The molecule has 10 heteroatoms. The molecule has 0 aliphatic carbocycles. The Bertz CT molecular complexity index is 705. The standard InChI is InChI=1S/C12H10BrF4NO3S/c13-9-2-8(12(14,15)16)3-10(4-9)18-5-7(1-11(18)19)6-22(17,20)21/h2-4,7H,1,5-6H2. The number of halogens is 5. The largest absolute Gasteiger partial charge is 0.416 e. The Morgan fingerprint density at radius 3 is 2.45 bits per heavy atom. The normalized spacial score (nSPS) is 19.8. The van der Waals surface area contributed by atoms with Gasteiger partial charge in [-0.25, -0.2) is 0 Å². The predicted octanol–water partition coefficient (Wildman–Crippen LogP) is 3.12. The fraction of sp³-hybridized carbons (Fsp3) is 0.417. The van der Waals surface area contributed by atoms with Crippen LogP contribution in [0.5, 0.6) is 0 Å². The fourth-order valence-corrected chi connectivity index (χ4v) is 3.59. The quantitative estimate of drug-likeness (QED) is 0.575. The second-order valence-electron chi connectivity index (χ2n) is 4.98. The number of benzene rings is 1. The van der Waals surface area contributed by atoms with Crippen LogP contribution >= 0.6 is 15.9 Å². The van der Waals surface area contributed by atoms with Crippen molar-refractivity contribution in [2.75, 3.05) is 17.2 Å². The Morgan fingerprint density at radius 2 is 1.91 bits per heavy atom. The molecule has 1 atom stereocenters. The zero-order chi connectivity index (χ0) is 16.7. The van der Waals surface area contributed by atoms with Crippen molar-refractivity contribution in [3.63, 3.8) is 0 Å². The number of amides is 1. The summed E-state index contributed by atoms with van der Waals surface area (Å²) in [5, 5.41) is 0. The fourth-order valence-electron chi connectivity index (χ4n) is 2.32. The number of alkyl halides is 3. The number of carbonyl (C=O) groups excluding carboxylic acids is 1. The molecule has 122 valence electrons.